The minimum atomic E-state index is -0.578. The van der Waals surface area contributed by atoms with Gasteiger partial charge in [0.15, 0.2) is 5.96 Å². The van der Waals surface area contributed by atoms with E-state index < -0.39 is 5.91 Å². The van der Waals surface area contributed by atoms with Crippen molar-refractivity contribution in [3.63, 3.8) is 0 Å². The Balaban J connectivity index is 0.00000420. The number of rotatable bonds is 8. The number of nitrogens with zero attached hydrogens (tertiary/aromatic N) is 2. The maximum atomic E-state index is 11.9. The molecule has 158 valence electrons. The zero-order valence-electron chi connectivity index (χ0n) is 16.7. The Kier molecular flexibility index (Phi) is 10.6. The van der Waals surface area contributed by atoms with Crippen molar-refractivity contribution < 1.29 is 9.59 Å². The van der Waals surface area contributed by atoms with Crippen molar-refractivity contribution in [2.75, 3.05) is 13.1 Å². The molecule has 0 aliphatic heterocycles. The molecule has 0 saturated heterocycles. The lowest BCUT2D eigenvalue weighted by Crippen LogP contribution is -2.36. The summed E-state index contributed by atoms with van der Waals surface area (Å²) in [6.45, 7) is 7.73. The molecular weight excluding hydrogens is 503 g/mol. The Morgan fingerprint density at radius 3 is 2.38 bits per heavy atom. The zero-order chi connectivity index (χ0) is 20.5. The SMILES string of the molecule is CCNC(=NCc1ccc(C(=O)NCC(N)=O)cc1)NCc1nc(C)c(C)s1.I. The summed E-state index contributed by atoms with van der Waals surface area (Å²) < 4.78 is 0. The molecule has 2 aromatic rings. The Morgan fingerprint density at radius 1 is 1.14 bits per heavy atom. The molecular formula is C19H27IN6O2S. The highest BCUT2D eigenvalue weighted by molar-refractivity contribution is 14.0. The fourth-order valence-corrected chi connectivity index (χ4v) is 3.19. The van der Waals surface area contributed by atoms with Gasteiger partial charge in [-0.2, -0.15) is 0 Å². The maximum Gasteiger partial charge on any atom is 0.251 e. The minimum Gasteiger partial charge on any atom is -0.368 e. The first-order valence-electron chi connectivity index (χ1n) is 8.99. The van der Waals surface area contributed by atoms with E-state index in [0.717, 1.165) is 22.8 Å². The summed E-state index contributed by atoms with van der Waals surface area (Å²) in [4.78, 5) is 32.9. The predicted octanol–water partition coefficient (Wildman–Crippen LogP) is 1.85. The van der Waals surface area contributed by atoms with Gasteiger partial charge < -0.3 is 21.7 Å². The maximum absolute atomic E-state index is 11.9. The van der Waals surface area contributed by atoms with Crippen molar-refractivity contribution in [2.45, 2.75) is 33.9 Å². The van der Waals surface area contributed by atoms with E-state index in [-0.39, 0.29) is 36.4 Å². The van der Waals surface area contributed by atoms with E-state index in [4.69, 9.17) is 5.73 Å². The van der Waals surface area contributed by atoms with Gasteiger partial charge in [0.25, 0.3) is 5.91 Å². The number of primary amides is 1. The van der Waals surface area contributed by atoms with Crippen molar-refractivity contribution in [1.29, 1.82) is 0 Å². The van der Waals surface area contributed by atoms with E-state index in [2.05, 4.69) is 32.9 Å². The normalized spacial score (nSPS) is 10.8. The van der Waals surface area contributed by atoms with Gasteiger partial charge >= 0.3 is 0 Å². The first-order valence-corrected chi connectivity index (χ1v) is 9.81. The third-order valence-corrected chi connectivity index (χ3v) is 4.96. The van der Waals surface area contributed by atoms with E-state index in [1.165, 1.54) is 4.88 Å². The highest BCUT2D eigenvalue weighted by Gasteiger charge is 2.07. The van der Waals surface area contributed by atoms with E-state index in [9.17, 15) is 9.59 Å². The van der Waals surface area contributed by atoms with Crippen molar-refractivity contribution in [1.82, 2.24) is 20.9 Å². The molecule has 0 radical (unpaired) electrons. The standard InChI is InChI=1S/C19H26N6O2S.HI/c1-4-21-19(24-11-17-25-12(2)13(3)28-17)23-9-14-5-7-15(8-6-14)18(27)22-10-16(20)26;/h5-8H,4,9-11H2,1-3H3,(H2,20,26)(H,22,27)(H2,21,23,24);1H. The Bertz CT molecular complexity index is 831. The molecule has 0 fully saturated rings. The molecule has 29 heavy (non-hydrogen) atoms. The third-order valence-electron chi connectivity index (χ3n) is 3.88. The Labute approximate surface area is 191 Å². The lowest BCUT2D eigenvalue weighted by Gasteiger charge is -2.10. The van der Waals surface area contributed by atoms with Crippen LogP contribution in [0.1, 0.15) is 38.4 Å². The predicted molar refractivity (Wildman–Crippen MR) is 127 cm³/mol. The van der Waals surface area contributed by atoms with Crippen LogP contribution in [0.3, 0.4) is 0 Å². The molecule has 0 aliphatic rings. The number of amides is 2. The number of thiazole rings is 1. The third kappa shape index (κ3) is 8.36. The number of aryl methyl sites for hydroxylation is 2. The lowest BCUT2D eigenvalue weighted by atomic mass is 10.1. The average Bonchev–Trinajstić information content (AvgIpc) is 3.00. The van der Waals surface area contributed by atoms with Crippen molar-refractivity contribution in [3.8, 4) is 0 Å². The number of nitrogens with two attached hydrogens (primary N) is 1. The van der Waals surface area contributed by atoms with Crippen LogP contribution in [0.4, 0.5) is 0 Å². The van der Waals surface area contributed by atoms with Crippen LogP contribution in [0, 0.1) is 13.8 Å². The van der Waals surface area contributed by atoms with Gasteiger partial charge in [0.05, 0.1) is 25.3 Å². The topological polar surface area (TPSA) is 122 Å². The lowest BCUT2D eigenvalue weighted by molar-refractivity contribution is -0.117. The van der Waals surface area contributed by atoms with Crippen LogP contribution in [0.15, 0.2) is 29.3 Å². The number of halogens is 1. The number of nitrogens with one attached hydrogen (secondary N) is 3. The van der Waals surface area contributed by atoms with E-state index in [1.54, 1.807) is 23.5 Å². The molecule has 0 aliphatic carbocycles. The zero-order valence-corrected chi connectivity index (χ0v) is 19.9. The first kappa shape index (κ1) is 24.8. The van der Waals surface area contributed by atoms with E-state index in [0.29, 0.717) is 24.6 Å². The van der Waals surface area contributed by atoms with Crippen LogP contribution in [0.2, 0.25) is 0 Å². The van der Waals surface area contributed by atoms with E-state index >= 15 is 0 Å². The highest BCUT2D eigenvalue weighted by Crippen LogP contribution is 2.15. The Morgan fingerprint density at radius 2 is 1.83 bits per heavy atom. The minimum absolute atomic E-state index is 0. The quantitative estimate of drug-likeness (QED) is 0.236. The molecule has 0 atom stereocenters. The molecule has 2 rings (SSSR count). The van der Waals surface area contributed by atoms with Crippen molar-refractivity contribution >= 4 is 53.1 Å². The number of carbonyl (C=O) groups is 2. The molecule has 1 heterocycles. The van der Waals surface area contributed by atoms with Crippen molar-refractivity contribution in [3.05, 3.63) is 51.0 Å². The monoisotopic (exact) mass is 530 g/mol. The summed E-state index contributed by atoms with van der Waals surface area (Å²) in [5.41, 5.74) is 7.51. The Hall–Kier alpha value is -2.21. The van der Waals surface area contributed by atoms with Gasteiger partial charge in [-0.3, -0.25) is 9.59 Å². The largest absolute Gasteiger partial charge is 0.368 e. The van der Waals surface area contributed by atoms with Crippen LogP contribution >= 0.6 is 35.3 Å². The number of benzene rings is 1. The molecule has 0 unspecified atom stereocenters. The summed E-state index contributed by atoms with van der Waals surface area (Å²) >= 11 is 1.68. The number of hydrogen-bond donors (Lipinski definition) is 4. The van der Waals surface area contributed by atoms with Crippen LogP contribution in [0.5, 0.6) is 0 Å². The fourth-order valence-electron chi connectivity index (χ4n) is 2.32. The molecule has 8 nitrogen and oxygen atoms in total. The number of aromatic nitrogens is 1. The van der Waals surface area contributed by atoms with Gasteiger partial charge in [-0.25, -0.2) is 9.98 Å². The van der Waals surface area contributed by atoms with Gasteiger partial charge in [-0.05, 0) is 38.5 Å². The molecule has 1 aromatic carbocycles. The summed E-state index contributed by atoms with van der Waals surface area (Å²) in [7, 11) is 0. The summed E-state index contributed by atoms with van der Waals surface area (Å²) in [5.74, 6) is -0.208. The van der Waals surface area contributed by atoms with Gasteiger partial charge in [0.2, 0.25) is 5.91 Å². The molecule has 1 aromatic heterocycles. The summed E-state index contributed by atoms with van der Waals surface area (Å²) in [6, 6.07) is 7.06. The number of aliphatic imine (C=N–C) groups is 1. The average molecular weight is 530 g/mol. The number of hydrogen-bond acceptors (Lipinski definition) is 5. The van der Waals surface area contributed by atoms with Crippen LogP contribution in [-0.4, -0.2) is 35.8 Å². The van der Waals surface area contributed by atoms with Crippen LogP contribution in [-0.2, 0) is 17.9 Å². The molecule has 0 saturated carbocycles. The second-order valence-electron chi connectivity index (χ2n) is 6.14. The van der Waals surface area contributed by atoms with Crippen LogP contribution in [0.25, 0.3) is 0 Å². The fraction of sp³-hybridized carbons (Fsp3) is 0.368. The van der Waals surface area contributed by atoms with E-state index in [1.807, 2.05) is 26.0 Å². The highest BCUT2D eigenvalue weighted by atomic mass is 127. The van der Waals surface area contributed by atoms with Gasteiger partial charge in [-0.15, -0.1) is 35.3 Å². The molecule has 2 amide bonds. The molecule has 0 bridgehead atoms. The number of carbonyl (C=O) groups excluding carboxylic acids is 2. The van der Waals surface area contributed by atoms with Gasteiger partial charge in [0.1, 0.15) is 5.01 Å². The van der Waals surface area contributed by atoms with Gasteiger partial charge in [-0.1, -0.05) is 12.1 Å². The second-order valence-corrected chi connectivity index (χ2v) is 7.43. The summed E-state index contributed by atoms with van der Waals surface area (Å²) in [6.07, 6.45) is 0. The smallest absolute Gasteiger partial charge is 0.251 e. The second kappa shape index (κ2) is 12.4. The summed E-state index contributed by atoms with van der Waals surface area (Å²) in [5, 5.41) is 9.97. The molecule has 0 spiro atoms. The molecule has 5 N–H and O–H groups in total. The van der Waals surface area contributed by atoms with Crippen LogP contribution < -0.4 is 21.7 Å². The molecule has 10 heteroatoms. The number of guanidine groups is 1. The van der Waals surface area contributed by atoms with Gasteiger partial charge in [0, 0.05) is 17.0 Å². The first-order chi connectivity index (χ1) is 13.4. The van der Waals surface area contributed by atoms with Crippen molar-refractivity contribution in [2.24, 2.45) is 10.7 Å².